The fourth-order valence-corrected chi connectivity index (χ4v) is 2.46. The van der Waals surface area contributed by atoms with Crippen molar-refractivity contribution in [2.24, 2.45) is 0 Å². The average molecular weight is 307 g/mol. The number of aliphatic carboxylic acids is 1. The molecule has 0 aliphatic carbocycles. The van der Waals surface area contributed by atoms with Crippen LogP contribution in [0.1, 0.15) is 30.1 Å². The summed E-state index contributed by atoms with van der Waals surface area (Å²) in [6, 6.07) is 0.838. The lowest BCUT2D eigenvalue weighted by molar-refractivity contribution is -0.148. The lowest BCUT2D eigenvalue weighted by Gasteiger charge is -2.25. The Morgan fingerprint density at radius 2 is 2.18 bits per heavy atom. The SMILES string of the molecule is C[C@H](NC(=O)c1cc[nH]c(=O)c1)C(=O)N1CCC[C@H]1C(=O)O. The summed E-state index contributed by atoms with van der Waals surface area (Å²) < 4.78 is 0. The van der Waals surface area contributed by atoms with Gasteiger partial charge in [-0.25, -0.2) is 4.79 Å². The van der Waals surface area contributed by atoms with Gasteiger partial charge in [0.05, 0.1) is 0 Å². The van der Waals surface area contributed by atoms with Crippen LogP contribution in [-0.4, -0.2) is 51.4 Å². The predicted octanol–water partition coefficient (Wildman–Crippen LogP) is -0.431. The smallest absolute Gasteiger partial charge is 0.326 e. The van der Waals surface area contributed by atoms with Crippen LogP contribution in [0, 0.1) is 0 Å². The molecule has 8 nitrogen and oxygen atoms in total. The van der Waals surface area contributed by atoms with E-state index in [4.69, 9.17) is 5.11 Å². The van der Waals surface area contributed by atoms with Gasteiger partial charge in [-0.3, -0.25) is 14.4 Å². The third kappa shape index (κ3) is 3.33. The van der Waals surface area contributed by atoms with Crippen LogP contribution < -0.4 is 10.9 Å². The van der Waals surface area contributed by atoms with Crippen molar-refractivity contribution in [2.45, 2.75) is 31.8 Å². The third-order valence-electron chi connectivity index (χ3n) is 3.58. The highest BCUT2D eigenvalue weighted by atomic mass is 16.4. The number of aromatic nitrogens is 1. The van der Waals surface area contributed by atoms with Gasteiger partial charge in [0.15, 0.2) is 0 Å². The number of nitrogens with zero attached hydrogens (tertiary/aromatic N) is 1. The molecule has 8 heteroatoms. The molecule has 2 rings (SSSR count). The molecule has 1 saturated heterocycles. The van der Waals surface area contributed by atoms with Gasteiger partial charge in [0, 0.05) is 24.4 Å². The number of H-pyrrole nitrogens is 1. The molecule has 1 aromatic heterocycles. The third-order valence-corrected chi connectivity index (χ3v) is 3.58. The maximum absolute atomic E-state index is 12.3. The minimum atomic E-state index is -1.04. The van der Waals surface area contributed by atoms with Crippen molar-refractivity contribution in [2.75, 3.05) is 6.54 Å². The second-order valence-corrected chi connectivity index (χ2v) is 5.16. The highest BCUT2D eigenvalue weighted by molar-refractivity contribution is 5.97. The average Bonchev–Trinajstić information content (AvgIpc) is 2.95. The van der Waals surface area contributed by atoms with Crippen LogP contribution in [0.25, 0.3) is 0 Å². The second kappa shape index (κ2) is 6.42. The summed E-state index contributed by atoms with van der Waals surface area (Å²) in [6.45, 7) is 1.85. The van der Waals surface area contributed by atoms with Crippen molar-refractivity contribution in [1.82, 2.24) is 15.2 Å². The Labute approximate surface area is 126 Å². The van der Waals surface area contributed by atoms with Crippen molar-refractivity contribution in [3.63, 3.8) is 0 Å². The Bertz CT molecular complexity index is 654. The molecule has 0 unspecified atom stereocenters. The first kappa shape index (κ1) is 15.7. The largest absolute Gasteiger partial charge is 0.480 e. The molecule has 2 heterocycles. The summed E-state index contributed by atoms with van der Waals surface area (Å²) in [6.07, 6.45) is 2.37. The van der Waals surface area contributed by atoms with Gasteiger partial charge in [-0.1, -0.05) is 0 Å². The fraction of sp³-hybridized carbons (Fsp3) is 0.429. The minimum absolute atomic E-state index is 0.139. The lowest BCUT2D eigenvalue weighted by Crippen LogP contribution is -2.50. The van der Waals surface area contributed by atoms with Gasteiger partial charge in [0.2, 0.25) is 11.5 Å². The molecule has 0 radical (unpaired) electrons. The van der Waals surface area contributed by atoms with E-state index >= 15 is 0 Å². The van der Waals surface area contributed by atoms with Crippen LogP contribution in [0.2, 0.25) is 0 Å². The molecule has 2 atom stereocenters. The number of pyridine rings is 1. The topological polar surface area (TPSA) is 120 Å². The molecule has 2 amide bonds. The number of carboxylic acid groups (broad SMARTS) is 1. The fourth-order valence-electron chi connectivity index (χ4n) is 2.46. The van der Waals surface area contributed by atoms with Gasteiger partial charge >= 0.3 is 5.97 Å². The van der Waals surface area contributed by atoms with Gasteiger partial charge in [-0.05, 0) is 25.8 Å². The van der Waals surface area contributed by atoms with Crippen molar-refractivity contribution in [3.05, 3.63) is 34.2 Å². The van der Waals surface area contributed by atoms with E-state index in [0.29, 0.717) is 19.4 Å². The number of likely N-dealkylation sites (tertiary alicyclic amines) is 1. The van der Waals surface area contributed by atoms with E-state index in [2.05, 4.69) is 10.3 Å². The van der Waals surface area contributed by atoms with Crippen molar-refractivity contribution in [1.29, 1.82) is 0 Å². The number of carbonyl (C=O) groups is 3. The zero-order valence-corrected chi connectivity index (χ0v) is 12.0. The zero-order chi connectivity index (χ0) is 16.3. The number of carbonyl (C=O) groups excluding carboxylic acids is 2. The summed E-state index contributed by atoms with van der Waals surface area (Å²) in [5.41, 5.74) is -0.281. The van der Waals surface area contributed by atoms with Crippen LogP contribution in [-0.2, 0) is 9.59 Å². The molecule has 22 heavy (non-hydrogen) atoms. The molecular weight excluding hydrogens is 290 g/mol. The summed E-state index contributed by atoms with van der Waals surface area (Å²) in [5.74, 6) is -2.04. The Morgan fingerprint density at radius 1 is 1.45 bits per heavy atom. The number of aromatic amines is 1. The standard InChI is InChI=1S/C14H17N3O5/c1-8(13(20)17-6-2-3-10(17)14(21)22)16-12(19)9-4-5-15-11(18)7-9/h4-5,7-8,10H,2-3,6H2,1H3,(H,15,18)(H,16,19)(H,21,22)/t8-,10-/m0/s1. The number of amides is 2. The van der Waals surface area contributed by atoms with Crippen LogP contribution in [0.3, 0.4) is 0 Å². The monoisotopic (exact) mass is 307 g/mol. The molecule has 1 aromatic rings. The zero-order valence-electron chi connectivity index (χ0n) is 12.0. The Morgan fingerprint density at radius 3 is 2.82 bits per heavy atom. The van der Waals surface area contributed by atoms with Gasteiger partial charge in [0.25, 0.3) is 5.91 Å². The maximum Gasteiger partial charge on any atom is 0.326 e. The Kier molecular flexibility index (Phi) is 4.59. The maximum atomic E-state index is 12.3. The summed E-state index contributed by atoms with van der Waals surface area (Å²) in [5, 5.41) is 11.6. The summed E-state index contributed by atoms with van der Waals surface area (Å²) in [7, 11) is 0. The first-order valence-electron chi connectivity index (χ1n) is 6.93. The number of carboxylic acids is 1. The molecule has 1 fully saturated rings. The van der Waals surface area contributed by atoms with Gasteiger partial charge in [-0.15, -0.1) is 0 Å². The first-order chi connectivity index (χ1) is 10.4. The van der Waals surface area contributed by atoms with E-state index in [9.17, 15) is 19.2 Å². The minimum Gasteiger partial charge on any atom is -0.480 e. The van der Waals surface area contributed by atoms with E-state index in [1.54, 1.807) is 0 Å². The molecule has 0 spiro atoms. The quantitative estimate of drug-likeness (QED) is 0.697. The van der Waals surface area contributed by atoms with E-state index in [0.717, 1.165) is 6.07 Å². The van der Waals surface area contributed by atoms with Crippen molar-refractivity contribution >= 4 is 17.8 Å². The predicted molar refractivity (Wildman–Crippen MR) is 76.4 cm³/mol. The van der Waals surface area contributed by atoms with E-state index in [1.807, 2.05) is 0 Å². The number of nitrogens with one attached hydrogen (secondary N) is 2. The van der Waals surface area contributed by atoms with Crippen molar-refractivity contribution < 1.29 is 19.5 Å². The molecular formula is C14H17N3O5. The Hall–Kier alpha value is -2.64. The van der Waals surface area contributed by atoms with Crippen molar-refractivity contribution in [3.8, 4) is 0 Å². The van der Waals surface area contributed by atoms with Gasteiger partial charge < -0.3 is 20.3 Å². The molecule has 0 saturated carbocycles. The number of rotatable bonds is 4. The summed E-state index contributed by atoms with van der Waals surface area (Å²) in [4.78, 5) is 50.2. The second-order valence-electron chi connectivity index (χ2n) is 5.16. The highest BCUT2D eigenvalue weighted by Gasteiger charge is 2.36. The molecule has 1 aliphatic rings. The number of hydrogen-bond acceptors (Lipinski definition) is 4. The number of hydrogen-bond donors (Lipinski definition) is 3. The molecule has 1 aliphatic heterocycles. The van der Waals surface area contributed by atoms with E-state index in [1.165, 1.54) is 24.1 Å². The lowest BCUT2D eigenvalue weighted by atomic mass is 10.2. The van der Waals surface area contributed by atoms with Gasteiger partial charge in [-0.2, -0.15) is 0 Å². The van der Waals surface area contributed by atoms with E-state index < -0.39 is 35.4 Å². The molecule has 0 bridgehead atoms. The van der Waals surface area contributed by atoms with Crippen LogP contribution in [0.4, 0.5) is 0 Å². The molecule has 118 valence electrons. The van der Waals surface area contributed by atoms with Gasteiger partial charge in [0.1, 0.15) is 12.1 Å². The highest BCUT2D eigenvalue weighted by Crippen LogP contribution is 2.18. The molecule has 0 aromatic carbocycles. The first-order valence-corrected chi connectivity index (χ1v) is 6.93. The van der Waals surface area contributed by atoms with E-state index in [-0.39, 0.29) is 5.56 Å². The Balaban J connectivity index is 2.04. The normalized spacial score (nSPS) is 18.8. The van der Waals surface area contributed by atoms with Crippen LogP contribution in [0.5, 0.6) is 0 Å². The van der Waals surface area contributed by atoms with Crippen LogP contribution >= 0.6 is 0 Å². The van der Waals surface area contributed by atoms with Crippen LogP contribution in [0.15, 0.2) is 23.1 Å². The summed E-state index contributed by atoms with van der Waals surface area (Å²) >= 11 is 0. The molecule has 3 N–H and O–H groups in total.